The van der Waals surface area contributed by atoms with E-state index in [1.807, 2.05) is 11.8 Å². The van der Waals surface area contributed by atoms with Crippen LogP contribution in [0.15, 0.2) is 30.3 Å². The fraction of sp³-hybridized carbons (Fsp3) is 0.590. The van der Waals surface area contributed by atoms with Crippen molar-refractivity contribution in [2.24, 2.45) is 11.7 Å². The Labute approximate surface area is 362 Å². The Morgan fingerprint density at radius 1 is 0.774 bits per heavy atom. The highest BCUT2D eigenvalue weighted by molar-refractivity contribution is 8.00. The molecule has 2 saturated heterocycles. The molecule has 3 rings (SSSR count). The van der Waals surface area contributed by atoms with Crippen LogP contribution in [0.4, 0.5) is 4.79 Å². The first-order chi connectivity index (χ1) is 29.6. The summed E-state index contributed by atoms with van der Waals surface area (Å²) in [5, 5.41) is 39.1. The Hall–Kier alpha value is -5.97. The molecular weight excluding hydrogens is 833 g/mol. The molecule has 22 nitrogen and oxygen atoms in total. The van der Waals surface area contributed by atoms with E-state index in [9.17, 15) is 53.1 Å². The highest BCUT2D eigenvalue weighted by Gasteiger charge is 2.42. The standard InChI is InChI=1S/C39H58N10O12S/c1-22(44-38(59)26(14-15-33(54)55)46-37(58)24(18-30(51)49-61)17-23-9-3-2-4-10-23)36(57)43-19-31(52)42-20-32(53)45-25(35(40)56)11-7-8-16-41-29(50)13-6-5-12-28-34-27(21-62-28)47-39(60)48-34/h2-4,9-10,22,24-28,34,61H,5-8,11-21H2,1H3,(H2,40,56)(H,41,50)(H,42,52)(H,43,57)(H,44,59)(H,45,53)(H,46,58)(H,49,51)(H,54,55)(H2,47,48,60)/t22-,24?,25-,26-,27-,28-,34-/m0/s1. The molecule has 342 valence electrons. The fourth-order valence-corrected chi connectivity index (χ4v) is 8.33. The van der Waals surface area contributed by atoms with Gasteiger partial charge in [-0.2, -0.15) is 11.8 Å². The van der Waals surface area contributed by atoms with Gasteiger partial charge in [-0.1, -0.05) is 36.8 Å². The molecule has 0 aliphatic carbocycles. The number of carboxylic acids is 1. The van der Waals surface area contributed by atoms with Crippen molar-refractivity contribution in [3.8, 4) is 0 Å². The van der Waals surface area contributed by atoms with Gasteiger partial charge in [0.1, 0.15) is 18.1 Å². The van der Waals surface area contributed by atoms with Gasteiger partial charge in [-0.15, -0.1) is 0 Å². The normalized spacial score (nSPS) is 18.2. The third-order valence-electron chi connectivity index (χ3n) is 10.2. The van der Waals surface area contributed by atoms with Crippen LogP contribution in [0, 0.1) is 5.92 Å². The zero-order valence-corrected chi connectivity index (χ0v) is 35.3. The molecule has 0 saturated carbocycles. The van der Waals surface area contributed by atoms with E-state index >= 15 is 0 Å². The Kier molecular flexibility index (Phi) is 21.4. The first kappa shape index (κ1) is 50.4. The SMILES string of the molecule is C[C@H](NC(=O)[C@H](CCC(=O)O)NC(=O)C(CC(=O)NO)Cc1ccccc1)C(=O)NCC(=O)NCC(=O)N[C@@H](CCCCNC(=O)CCCC[C@@H]1SC[C@@H]2NC(=O)N[C@@H]21)C(N)=O. The van der Waals surface area contributed by atoms with Crippen molar-refractivity contribution in [3.05, 3.63) is 35.9 Å². The number of thioether (sulfide) groups is 1. The van der Waals surface area contributed by atoms with Crippen LogP contribution in [0.3, 0.4) is 0 Å². The second-order valence-electron chi connectivity index (χ2n) is 15.1. The maximum atomic E-state index is 13.2. The third kappa shape index (κ3) is 18.3. The minimum absolute atomic E-state index is 0.0516. The van der Waals surface area contributed by atoms with Crippen LogP contribution in [0.2, 0.25) is 0 Å². The number of hydrogen-bond acceptors (Lipinski definition) is 12. The van der Waals surface area contributed by atoms with Gasteiger partial charge in [0.25, 0.3) is 0 Å². The van der Waals surface area contributed by atoms with Crippen molar-refractivity contribution in [3.63, 3.8) is 0 Å². The van der Waals surface area contributed by atoms with Crippen LogP contribution in [0.5, 0.6) is 0 Å². The molecule has 0 spiro atoms. The monoisotopic (exact) mass is 890 g/mol. The van der Waals surface area contributed by atoms with Crippen LogP contribution in [0.1, 0.15) is 76.7 Å². The molecule has 7 atom stereocenters. The lowest BCUT2D eigenvalue weighted by atomic mass is 9.94. The average molecular weight is 891 g/mol. The number of nitrogens with one attached hydrogen (secondary N) is 9. The maximum absolute atomic E-state index is 13.2. The predicted octanol–water partition coefficient (Wildman–Crippen LogP) is -2.19. The van der Waals surface area contributed by atoms with E-state index in [-0.39, 0.29) is 43.3 Å². The average Bonchev–Trinajstić information content (AvgIpc) is 3.80. The number of fused-ring (bicyclic) bond motifs is 1. The molecule has 13 N–H and O–H groups in total. The van der Waals surface area contributed by atoms with Crippen LogP contribution in [-0.2, 0) is 49.6 Å². The number of rotatable bonds is 28. The summed E-state index contributed by atoms with van der Waals surface area (Å²) in [5.41, 5.74) is 7.59. The van der Waals surface area contributed by atoms with E-state index in [0.717, 1.165) is 18.6 Å². The van der Waals surface area contributed by atoms with Gasteiger partial charge in [0.15, 0.2) is 0 Å². The smallest absolute Gasteiger partial charge is 0.315 e. The molecule has 0 radical (unpaired) electrons. The first-order valence-corrected chi connectivity index (χ1v) is 21.5. The van der Waals surface area contributed by atoms with Crippen molar-refractivity contribution in [1.29, 1.82) is 0 Å². The van der Waals surface area contributed by atoms with Crippen LogP contribution in [0.25, 0.3) is 0 Å². The molecule has 2 aliphatic rings. The number of unbranched alkanes of at least 4 members (excludes halogenated alkanes) is 2. The van der Waals surface area contributed by atoms with Crippen molar-refractivity contribution in [2.45, 2.75) is 113 Å². The van der Waals surface area contributed by atoms with Gasteiger partial charge in [-0.25, -0.2) is 10.3 Å². The lowest BCUT2D eigenvalue weighted by Crippen LogP contribution is -2.54. The second kappa shape index (κ2) is 26.4. The van der Waals surface area contributed by atoms with Gasteiger partial charge in [-0.3, -0.25) is 48.4 Å². The number of carbonyl (C=O) groups is 10. The van der Waals surface area contributed by atoms with Gasteiger partial charge in [-0.05, 0) is 57.4 Å². The molecule has 62 heavy (non-hydrogen) atoms. The van der Waals surface area contributed by atoms with Crippen LogP contribution >= 0.6 is 11.8 Å². The molecule has 2 heterocycles. The number of hydrogen-bond donors (Lipinski definition) is 12. The summed E-state index contributed by atoms with van der Waals surface area (Å²) in [4.78, 5) is 123. The van der Waals surface area contributed by atoms with Gasteiger partial charge in [0, 0.05) is 36.8 Å². The number of hydroxylamine groups is 1. The number of carbonyl (C=O) groups excluding carboxylic acids is 9. The number of urea groups is 1. The molecule has 23 heteroatoms. The molecule has 0 aromatic heterocycles. The van der Waals surface area contributed by atoms with Crippen molar-refractivity contribution < 1.29 is 58.3 Å². The zero-order valence-electron chi connectivity index (χ0n) is 34.5. The third-order valence-corrected chi connectivity index (χ3v) is 11.7. The highest BCUT2D eigenvalue weighted by atomic mass is 32.2. The Morgan fingerprint density at radius 3 is 2.19 bits per heavy atom. The summed E-state index contributed by atoms with van der Waals surface area (Å²) in [6, 6.07) is 5.03. The molecule has 0 bridgehead atoms. The van der Waals surface area contributed by atoms with E-state index in [4.69, 9.17) is 10.9 Å². The minimum atomic E-state index is -1.44. The first-order valence-electron chi connectivity index (χ1n) is 20.4. The van der Waals surface area contributed by atoms with E-state index in [1.165, 1.54) is 12.4 Å². The highest BCUT2D eigenvalue weighted by Crippen LogP contribution is 2.33. The van der Waals surface area contributed by atoms with E-state index in [0.29, 0.717) is 43.0 Å². The quantitative estimate of drug-likeness (QED) is 0.0184. The van der Waals surface area contributed by atoms with Crippen molar-refractivity contribution >= 4 is 71.0 Å². The summed E-state index contributed by atoms with van der Waals surface area (Å²) in [5.74, 6) is -7.22. The number of benzene rings is 1. The van der Waals surface area contributed by atoms with Gasteiger partial charge in [0.2, 0.25) is 47.3 Å². The Balaban J connectivity index is 1.33. The van der Waals surface area contributed by atoms with Crippen molar-refractivity contribution in [1.82, 2.24) is 48.0 Å². The van der Waals surface area contributed by atoms with Crippen molar-refractivity contribution in [2.75, 3.05) is 25.4 Å². The summed E-state index contributed by atoms with van der Waals surface area (Å²) >= 11 is 1.83. The van der Waals surface area contributed by atoms with Gasteiger partial charge >= 0.3 is 12.0 Å². The van der Waals surface area contributed by atoms with E-state index in [1.54, 1.807) is 30.3 Å². The second-order valence-corrected chi connectivity index (χ2v) is 16.4. The number of nitrogens with two attached hydrogens (primary N) is 1. The lowest BCUT2D eigenvalue weighted by Gasteiger charge is -2.23. The van der Waals surface area contributed by atoms with Gasteiger partial charge in [0.05, 0.1) is 31.1 Å². The number of carboxylic acid groups (broad SMARTS) is 1. The molecule has 2 aliphatic heterocycles. The molecule has 2 fully saturated rings. The summed E-state index contributed by atoms with van der Waals surface area (Å²) in [6.07, 6.45) is 2.71. The number of primary amides is 1. The van der Waals surface area contributed by atoms with Crippen LogP contribution < -0.4 is 53.7 Å². The molecule has 10 amide bonds. The number of aliphatic carboxylic acids is 1. The molecule has 1 aromatic carbocycles. The predicted molar refractivity (Wildman–Crippen MR) is 223 cm³/mol. The minimum Gasteiger partial charge on any atom is -0.481 e. The Morgan fingerprint density at radius 2 is 1.50 bits per heavy atom. The molecule has 1 aromatic rings. The summed E-state index contributed by atoms with van der Waals surface area (Å²) < 4.78 is 0. The topological polar surface area (TPSA) is 345 Å². The summed E-state index contributed by atoms with van der Waals surface area (Å²) in [6.45, 7) is 0.485. The maximum Gasteiger partial charge on any atom is 0.315 e. The van der Waals surface area contributed by atoms with Gasteiger partial charge < -0.3 is 53.4 Å². The van der Waals surface area contributed by atoms with Crippen LogP contribution in [-0.4, -0.2) is 130 Å². The van der Waals surface area contributed by atoms with E-state index < -0.39 is 97.3 Å². The van der Waals surface area contributed by atoms with E-state index in [2.05, 4.69) is 42.5 Å². The largest absolute Gasteiger partial charge is 0.481 e. The Bertz CT molecular complexity index is 1760. The number of amides is 10. The molecule has 1 unspecified atom stereocenters. The zero-order chi connectivity index (χ0) is 45.6. The lowest BCUT2D eigenvalue weighted by molar-refractivity contribution is -0.139. The summed E-state index contributed by atoms with van der Waals surface area (Å²) in [7, 11) is 0. The molecular formula is C39H58N10O12S. The fourth-order valence-electron chi connectivity index (χ4n) is 6.79.